The van der Waals surface area contributed by atoms with Crippen molar-refractivity contribution in [2.45, 2.75) is 19.9 Å². The van der Waals surface area contributed by atoms with Gasteiger partial charge in [-0.05, 0) is 42.8 Å². The molecular weight excluding hydrogens is 371 g/mol. The van der Waals surface area contributed by atoms with E-state index in [2.05, 4.69) is 0 Å². The van der Waals surface area contributed by atoms with E-state index in [1.54, 1.807) is 25.1 Å². The zero-order chi connectivity index (χ0) is 20.5. The first-order chi connectivity index (χ1) is 14.0. The van der Waals surface area contributed by atoms with Crippen molar-refractivity contribution in [1.82, 2.24) is 9.80 Å². The third-order valence-electron chi connectivity index (χ3n) is 5.94. The third kappa shape index (κ3) is 3.71. The summed E-state index contributed by atoms with van der Waals surface area (Å²) in [6.45, 7) is 5.73. The fourth-order valence-electron chi connectivity index (χ4n) is 4.72. The Hall–Kier alpha value is -2.89. The van der Waals surface area contributed by atoms with Gasteiger partial charge in [0, 0.05) is 44.0 Å². The van der Waals surface area contributed by atoms with Gasteiger partial charge in [0.15, 0.2) is 0 Å². The molecular formula is C23H25FN2O3. The van der Waals surface area contributed by atoms with Crippen LogP contribution >= 0.6 is 0 Å². The molecule has 0 aromatic heterocycles. The number of halogens is 1. The Morgan fingerprint density at radius 1 is 1.10 bits per heavy atom. The average Bonchev–Trinajstić information content (AvgIpc) is 3.26. The number of ether oxygens (including phenoxy) is 1. The van der Waals surface area contributed by atoms with Crippen LogP contribution in [0, 0.1) is 17.7 Å². The molecule has 0 bridgehead atoms. The summed E-state index contributed by atoms with van der Waals surface area (Å²) in [5.74, 6) is 0.599. The van der Waals surface area contributed by atoms with Crippen LogP contribution in [0.3, 0.4) is 0 Å². The van der Waals surface area contributed by atoms with Gasteiger partial charge in [-0.2, -0.15) is 0 Å². The second-order valence-electron chi connectivity index (χ2n) is 7.77. The molecule has 0 unspecified atom stereocenters. The molecule has 0 N–H and O–H groups in total. The summed E-state index contributed by atoms with van der Waals surface area (Å²) >= 11 is 0. The largest absolute Gasteiger partial charge is 0.494 e. The SMILES string of the molecule is CCOc1cccc(C(=O)N2C[C@@H]3CN(C(C)=O)[C@H](c4cccc(F)c4)[C@@H]3C2)c1. The van der Waals surface area contributed by atoms with E-state index in [1.165, 1.54) is 12.1 Å². The van der Waals surface area contributed by atoms with E-state index >= 15 is 0 Å². The fourth-order valence-corrected chi connectivity index (χ4v) is 4.72. The monoisotopic (exact) mass is 396 g/mol. The summed E-state index contributed by atoms with van der Waals surface area (Å²) in [6.07, 6.45) is 0. The second kappa shape index (κ2) is 7.85. The number of rotatable bonds is 4. The Balaban J connectivity index is 1.57. The topological polar surface area (TPSA) is 49.9 Å². The predicted octanol–water partition coefficient (Wildman–Crippen LogP) is 3.52. The van der Waals surface area contributed by atoms with Crippen molar-refractivity contribution in [3.8, 4) is 5.75 Å². The van der Waals surface area contributed by atoms with Crippen molar-refractivity contribution in [2.24, 2.45) is 11.8 Å². The van der Waals surface area contributed by atoms with Crippen LogP contribution in [0.4, 0.5) is 4.39 Å². The number of benzene rings is 2. The van der Waals surface area contributed by atoms with Gasteiger partial charge in [0.05, 0.1) is 12.6 Å². The zero-order valence-electron chi connectivity index (χ0n) is 16.7. The van der Waals surface area contributed by atoms with E-state index in [9.17, 15) is 14.0 Å². The van der Waals surface area contributed by atoms with E-state index < -0.39 is 0 Å². The minimum atomic E-state index is -0.312. The highest BCUT2D eigenvalue weighted by atomic mass is 19.1. The van der Waals surface area contributed by atoms with E-state index in [1.807, 2.05) is 34.9 Å². The van der Waals surface area contributed by atoms with Crippen molar-refractivity contribution in [2.75, 3.05) is 26.2 Å². The minimum Gasteiger partial charge on any atom is -0.494 e. The predicted molar refractivity (Wildman–Crippen MR) is 107 cm³/mol. The van der Waals surface area contributed by atoms with E-state index in [0.29, 0.717) is 37.6 Å². The molecule has 2 aliphatic heterocycles. The third-order valence-corrected chi connectivity index (χ3v) is 5.94. The molecule has 29 heavy (non-hydrogen) atoms. The Kier molecular flexibility index (Phi) is 5.26. The number of hydrogen-bond acceptors (Lipinski definition) is 3. The molecule has 0 aliphatic carbocycles. The van der Waals surface area contributed by atoms with Gasteiger partial charge in [-0.25, -0.2) is 4.39 Å². The van der Waals surface area contributed by atoms with Crippen LogP contribution in [-0.4, -0.2) is 47.9 Å². The standard InChI is InChI=1S/C23H25FN2O3/c1-3-29-20-9-5-7-17(11-20)23(28)25-12-18-13-26(15(2)27)22(21(18)14-25)16-6-4-8-19(24)10-16/h4-11,18,21-22H,3,12-14H2,1-2H3/t18-,21-,22-/m1/s1. The molecule has 6 heteroatoms. The lowest BCUT2D eigenvalue weighted by atomic mass is 9.89. The number of amides is 2. The van der Waals surface area contributed by atoms with Gasteiger partial charge < -0.3 is 14.5 Å². The normalized spacial score (nSPS) is 23.2. The van der Waals surface area contributed by atoms with Gasteiger partial charge in [-0.15, -0.1) is 0 Å². The molecule has 3 atom stereocenters. The Bertz CT molecular complexity index is 932. The summed E-state index contributed by atoms with van der Waals surface area (Å²) < 4.78 is 19.3. The molecule has 2 aliphatic rings. The smallest absolute Gasteiger partial charge is 0.254 e. The second-order valence-corrected chi connectivity index (χ2v) is 7.77. The average molecular weight is 396 g/mol. The first-order valence-electron chi connectivity index (χ1n) is 10.0. The van der Waals surface area contributed by atoms with Crippen LogP contribution in [0.15, 0.2) is 48.5 Å². The lowest BCUT2D eigenvalue weighted by molar-refractivity contribution is -0.130. The minimum absolute atomic E-state index is 0.0176. The summed E-state index contributed by atoms with van der Waals surface area (Å²) in [6, 6.07) is 13.5. The first kappa shape index (κ1) is 19.4. The van der Waals surface area contributed by atoms with Gasteiger partial charge in [0.2, 0.25) is 5.91 Å². The highest BCUT2D eigenvalue weighted by molar-refractivity contribution is 5.94. The molecule has 0 spiro atoms. The van der Waals surface area contributed by atoms with Crippen molar-refractivity contribution in [1.29, 1.82) is 0 Å². The zero-order valence-corrected chi connectivity index (χ0v) is 16.7. The summed E-state index contributed by atoms with van der Waals surface area (Å²) in [7, 11) is 0. The summed E-state index contributed by atoms with van der Waals surface area (Å²) in [5.41, 5.74) is 1.39. The Morgan fingerprint density at radius 2 is 1.90 bits per heavy atom. The van der Waals surface area contributed by atoms with E-state index in [-0.39, 0.29) is 35.5 Å². The van der Waals surface area contributed by atoms with E-state index in [4.69, 9.17) is 4.74 Å². The highest BCUT2D eigenvalue weighted by Gasteiger charge is 2.49. The summed E-state index contributed by atoms with van der Waals surface area (Å²) in [4.78, 5) is 29.0. The quantitative estimate of drug-likeness (QED) is 0.795. The molecule has 2 aromatic rings. The summed E-state index contributed by atoms with van der Waals surface area (Å²) in [5, 5.41) is 0. The Labute approximate surface area is 170 Å². The highest BCUT2D eigenvalue weighted by Crippen LogP contribution is 2.45. The molecule has 2 amide bonds. The van der Waals surface area contributed by atoms with Crippen LogP contribution in [0.2, 0.25) is 0 Å². The first-order valence-corrected chi connectivity index (χ1v) is 10.0. The number of likely N-dealkylation sites (tertiary alicyclic amines) is 2. The maximum atomic E-state index is 13.8. The van der Waals surface area contributed by atoms with Gasteiger partial charge in [0.1, 0.15) is 11.6 Å². The number of hydrogen-bond donors (Lipinski definition) is 0. The van der Waals surface area contributed by atoms with Gasteiger partial charge >= 0.3 is 0 Å². The molecule has 5 nitrogen and oxygen atoms in total. The maximum Gasteiger partial charge on any atom is 0.254 e. The van der Waals surface area contributed by atoms with Crippen LogP contribution in [0.25, 0.3) is 0 Å². The molecule has 0 radical (unpaired) electrons. The molecule has 2 saturated heterocycles. The van der Waals surface area contributed by atoms with Crippen LogP contribution < -0.4 is 4.74 Å². The van der Waals surface area contributed by atoms with E-state index in [0.717, 1.165) is 5.56 Å². The maximum absolute atomic E-state index is 13.8. The molecule has 2 aromatic carbocycles. The molecule has 0 saturated carbocycles. The lowest BCUT2D eigenvalue weighted by Crippen LogP contribution is -2.36. The van der Waals surface area contributed by atoms with Crippen LogP contribution in [0.1, 0.15) is 35.8 Å². The van der Waals surface area contributed by atoms with Gasteiger partial charge in [-0.3, -0.25) is 9.59 Å². The lowest BCUT2D eigenvalue weighted by Gasteiger charge is -2.29. The van der Waals surface area contributed by atoms with Crippen molar-refractivity contribution >= 4 is 11.8 Å². The fraction of sp³-hybridized carbons (Fsp3) is 0.391. The van der Waals surface area contributed by atoms with Crippen molar-refractivity contribution < 1.29 is 18.7 Å². The molecule has 152 valence electrons. The number of carbonyl (C=O) groups is 2. The number of fused-ring (bicyclic) bond motifs is 1. The molecule has 2 fully saturated rings. The van der Waals surface area contributed by atoms with Crippen molar-refractivity contribution in [3.63, 3.8) is 0 Å². The van der Waals surface area contributed by atoms with Crippen LogP contribution in [-0.2, 0) is 4.79 Å². The van der Waals surface area contributed by atoms with Crippen molar-refractivity contribution in [3.05, 3.63) is 65.5 Å². The van der Waals surface area contributed by atoms with Gasteiger partial charge in [0.25, 0.3) is 5.91 Å². The van der Waals surface area contributed by atoms with Crippen LogP contribution in [0.5, 0.6) is 5.75 Å². The number of nitrogens with zero attached hydrogens (tertiary/aromatic N) is 2. The molecule has 2 heterocycles. The van der Waals surface area contributed by atoms with Gasteiger partial charge in [-0.1, -0.05) is 18.2 Å². The molecule has 4 rings (SSSR count). The number of carbonyl (C=O) groups excluding carboxylic acids is 2. The Morgan fingerprint density at radius 3 is 2.62 bits per heavy atom.